The van der Waals surface area contributed by atoms with Crippen LogP contribution < -0.4 is 0 Å². The fourth-order valence-corrected chi connectivity index (χ4v) is 5.13. The predicted octanol–water partition coefficient (Wildman–Crippen LogP) is 7.78. The minimum Gasteiger partial charge on any atom is -0.301 e. The summed E-state index contributed by atoms with van der Waals surface area (Å²) >= 11 is 0. The molecule has 39 heavy (non-hydrogen) atoms. The minimum absolute atomic E-state index is 0. The molecule has 0 unspecified atom stereocenters. The molecule has 0 saturated carbocycles. The summed E-state index contributed by atoms with van der Waals surface area (Å²) in [5, 5.41) is 9.17. The van der Waals surface area contributed by atoms with E-state index in [2.05, 4.69) is 80.6 Å². The van der Waals surface area contributed by atoms with Gasteiger partial charge in [-0.05, 0) is 17.7 Å². The Kier molecular flexibility index (Phi) is 7.74. The van der Waals surface area contributed by atoms with Crippen LogP contribution in [0.1, 0.15) is 5.69 Å². The molecule has 0 bridgehead atoms. The van der Waals surface area contributed by atoms with Crippen molar-refractivity contribution >= 4 is 65.2 Å². The van der Waals surface area contributed by atoms with Gasteiger partial charge in [0.1, 0.15) is 0 Å². The van der Waals surface area contributed by atoms with Crippen LogP contribution in [0.25, 0.3) is 65.2 Å². The molecule has 8 rings (SSSR count). The standard InChI is InChI=1S/C17H11N2.C16H9N2.2Ir/c1-11-10-18-16-14-8-4-2-6-12(14)13-7-3-5-9-15(13)17(16)19-11;1-3-7-13-11(5-1)12-6-2-4-8-14(12)16-15(13)17-9-10-18-16;;/h2-7,9-10H,1H3;1-7,9-10H;;/q2*-1;;. The van der Waals surface area contributed by atoms with Crippen LogP contribution in [-0.2, 0) is 40.2 Å². The normalized spacial score (nSPS) is 10.8. The summed E-state index contributed by atoms with van der Waals surface area (Å²) < 4.78 is 0. The van der Waals surface area contributed by atoms with E-state index < -0.39 is 0 Å². The van der Waals surface area contributed by atoms with Crippen molar-refractivity contribution in [2.24, 2.45) is 0 Å². The van der Waals surface area contributed by atoms with Crippen molar-refractivity contribution in [3.05, 3.63) is 121 Å². The Morgan fingerprint density at radius 3 is 1.54 bits per heavy atom. The molecule has 0 atom stereocenters. The summed E-state index contributed by atoms with van der Waals surface area (Å²) in [6, 6.07) is 35.4. The number of rotatable bonds is 0. The van der Waals surface area contributed by atoms with Gasteiger partial charge in [-0.3, -0.25) is 9.97 Å². The van der Waals surface area contributed by atoms with E-state index in [1.807, 2.05) is 49.5 Å². The molecule has 2 aromatic heterocycles. The molecule has 0 aliphatic heterocycles. The van der Waals surface area contributed by atoms with E-state index in [0.717, 1.165) is 49.3 Å². The fraction of sp³-hybridized carbons (Fsp3) is 0.0303. The second-order valence-electron chi connectivity index (χ2n) is 8.97. The maximum absolute atomic E-state index is 4.67. The molecule has 6 heteroatoms. The summed E-state index contributed by atoms with van der Waals surface area (Å²) in [4.78, 5) is 18.2. The first kappa shape index (κ1) is 26.9. The van der Waals surface area contributed by atoms with Gasteiger partial charge in [0.15, 0.2) is 0 Å². The molecule has 2 heterocycles. The van der Waals surface area contributed by atoms with Crippen LogP contribution in [-0.4, -0.2) is 19.9 Å². The predicted molar refractivity (Wildman–Crippen MR) is 152 cm³/mol. The number of benzene rings is 6. The van der Waals surface area contributed by atoms with Crippen LogP contribution >= 0.6 is 0 Å². The third kappa shape index (κ3) is 4.60. The molecule has 0 aliphatic carbocycles. The van der Waals surface area contributed by atoms with Crippen LogP contribution in [0.3, 0.4) is 0 Å². The first-order valence-corrected chi connectivity index (χ1v) is 12.2. The van der Waals surface area contributed by atoms with Crippen LogP contribution in [0, 0.1) is 19.1 Å². The van der Waals surface area contributed by atoms with Crippen molar-refractivity contribution in [2.75, 3.05) is 0 Å². The first-order valence-electron chi connectivity index (χ1n) is 12.2. The minimum atomic E-state index is 0. The van der Waals surface area contributed by atoms with Gasteiger partial charge in [0, 0.05) is 69.8 Å². The maximum Gasteiger partial charge on any atom is 0.0548 e. The summed E-state index contributed by atoms with van der Waals surface area (Å²) in [6.45, 7) is 1.97. The molecule has 8 aromatic rings. The Morgan fingerprint density at radius 2 is 0.949 bits per heavy atom. The van der Waals surface area contributed by atoms with Gasteiger partial charge in [-0.1, -0.05) is 70.1 Å². The van der Waals surface area contributed by atoms with Gasteiger partial charge >= 0.3 is 0 Å². The zero-order valence-electron chi connectivity index (χ0n) is 20.8. The fourth-order valence-electron chi connectivity index (χ4n) is 5.13. The van der Waals surface area contributed by atoms with Gasteiger partial charge in [-0.2, -0.15) is 0 Å². The number of aryl methyl sites for hydroxylation is 1. The molecule has 0 fully saturated rings. The second kappa shape index (κ2) is 11.2. The van der Waals surface area contributed by atoms with Crippen molar-refractivity contribution in [1.82, 2.24) is 19.9 Å². The summed E-state index contributed by atoms with van der Waals surface area (Å²) in [5.74, 6) is 0. The van der Waals surface area contributed by atoms with Crippen LogP contribution in [0.5, 0.6) is 0 Å². The van der Waals surface area contributed by atoms with Gasteiger partial charge in [0.05, 0.1) is 16.7 Å². The van der Waals surface area contributed by atoms with Crippen molar-refractivity contribution in [3.8, 4) is 0 Å². The second-order valence-corrected chi connectivity index (χ2v) is 8.97. The van der Waals surface area contributed by atoms with Gasteiger partial charge in [0.25, 0.3) is 0 Å². The van der Waals surface area contributed by atoms with Crippen molar-refractivity contribution < 1.29 is 40.2 Å². The Labute approximate surface area is 252 Å². The molecule has 192 valence electrons. The van der Waals surface area contributed by atoms with Crippen molar-refractivity contribution in [1.29, 1.82) is 0 Å². The quantitative estimate of drug-likeness (QED) is 0.116. The van der Waals surface area contributed by atoms with Crippen LogP contribution in [0.4, 0.5) is 0 Å². The van der Waals surface area contributed by atoms with Crippen molar-refractivity contribution in [2.45, 2.75) is 6.92 Å². The number of fused-ring (bicyclic) bond motifs is 12. The molecule has 6 aromatic carbocycles. The average molecular weight is 857 g/mol. The zero-order valence-corrected chi connectivity index (χ0v) is 25.6. The van der Waals surface area contributed by atoms with E-state index in [-0.39, 0.29) is 40.2 Å². The number of hydrogen-bond acceptors (Lipinski definition) is 4. The largest absolute Gasteiger partial charge is 0.301 e. The van der Waals surface area contributed by atoms with Gasteiger partial charge < -0.3 is 9.97 Å². The smallest absolute Gasteiger partial charge is 0.0548 e. The van der Waals surface area contributed by atoms with E-state index in [1.165, 1.54) is 21.5 Å². The molecule has 0 saturated heterocycles. The van der Waals surface area contributed by atoms with E-state index in [9.17, 15) is 0 Å². The summed E-state index contributed by atoms with van der Waals surface area (Å²) in [5.41, 5.74) is 4.70. The topological polar surface area (TPSA) is 51.6 Å². The zero-order chi connectivity index (χ0) is 24.8. The molecule has 4 nitrogen and oxygen atoms in total. The first-order chi connectivity index (χ1) is 18.3. The third-order valence-electron chi connectivity index (χ3n) is 6.72. The Morgan fingerprint density at radius 1 is 0.487 bits per heavy atom. The molecule has 0 amide bonds. The molecular weight excluding hydrogens is 837 g/mol. The Balaban J connectivity index is 0.000000150. The van der Waals surface area contributed by atoms with Crippen LogP contribution in [0.2, 0.25) is 0 Å². The number of hydrogen-bond donors (Lipinski definition) is 0. The summed E-state index contributed by atoms with van der Waals surface area (Å²) in [6.07, 6.45) is 5.29. The van der Waals surface area contributed by atoms with E-state index in [0.29, 0.717) is 0 Å². The Hall–Kier alpha value is -3.66. The van der Waals surface area contributed by atoms with E-state index >= 15 is 0 Å². The van der Waals surface area contributed by atoms with E-state index in [4.69, 9.17) is 0 Å². The van der Waals surface area contributed by atoms with E-state index in [1.54, 1.807) is 12.4 Å². The Bertz CT molecular complexity index is 1870. The maximum atomic E-state index is 4.67. The average Bonchev–Trinajstić information content (AvgIpc) is 2.98. The molecule has 2 radical (unpaired) electrons. The molecule has 0 N–H and O–H groups in total. The SMILES string of the molecule is Cc1cnc2c3[c-]cccc3c3ccccc3c2n1.[Ir].[Ir].[c-]1cccc2c1c1nccnc1c1ccccc21. The molecule has 0 aliphatic rings. The number of nitrogens with zero attached hydrogens (tertiary/aromatic N) is 4. The summed E-state index contributed by atoms with van der Waals surface area (Å²) in [7, 11) is 0. The number of aromatic nitrogens is 4. The van der Waals surface area contributed by atoms with Gasteiger partial charge in [-0.25, -0.2) is 0 Å². The van der Waals surface area contributed by atoms with Gasteiger partial charge in [0.2, 0.25) is 0 Å². The van der Waals surface area contributed by atoms with Gasteiger partial charge in [-0.15, -0.1) is 59.3 Å². The molecular formula is C33H20Ir2N4-2. The van der Waals surface area contributed by atoms with Crippen LogP contribution in [0.15, 0.2) is 104 Å². The monoisotopic (exact) mass is 858 g/mol. The third-order valence-corrected chi connectivity index (χ3v) is 6.72. The molecule has 0 spiro atoms. The van der Waals surface area contributed by atoms with Crippen molar-refractivity contribution in [3.63, 3.8) is 0 Å².